The number of carboxylic acids is 2. The van der Waals surface area contributed by atoms with Crippen molar-refractivity contribution in [2.45, 2.75) is 52.3 Å². The van der Waals surface area contributed by atoms with Gasteiger partial charge in [-0.05, 0) is 37.5 Å². The number of imide groups is 1. The normalized spacial score (nSPS) is 19.2. The molecule has 3 aliphatic rings. The second-order valence-electron chi connectivity index (χ2n) is 10.2. The van der Waals surface area contributed by atoms with Crippen molar-refractivity contribution in [1.82, 2.24) is 25.3 Å². The summed E-state index contributed by atoms with van der Waals surface area (Å²) >= 11 is 5.00. The molecule has 1 fully saturated rings. The van der Waals surface area contributed by atoms with Gasteiger partial charge in [-0.15, -0.1) is 22.0 Å². The zero-order valence-corrected chi connectivity index (χ0v) is 27.8. The van der Waals surface area contributed by atoms with E-state index in [1.807, 2.05) is 0 Å². The van der Waals surface area contributed by atoms with E-state index in [1.165, 1.54) is 58.8 Å². The maximum atomic E-state index is 13.0. The fourth-order valence-electron chi connectivity index (χ4n) is 5.14. The van der Waals surface area contributed by atoms with Crippen LogP contribution in [-0.2, 0) is 28.7 Å². The Kier molecular flexibility index (Phi) is 10.9. The molecule has 15 nitrogen and oxygen atoms in total. The molecule has 19 heteroatoms. The van der Waals surface area contributed by atoms with E-state index in [4.69, 9.17) is 4.74 Å². The predicted molar refractivity (Wildman–Crippen MR) is 170 cm³/mol. The molecule has 47 heavy (non-hydrogen) atoms. The molecule has 0 saturated carbocycles. The summed E-state index contributed by atoms with van der Waals surface area (Å²) in [6.45, 7) is 1.99. The topological polar surface area (TPSA) is 213 Å². The van der Waals surface area contributed by atoms with Gasteiger partial charge in [0.25, 0.3) is 17.7 Å². The minimum atomic E-state index is -1.47. The molecule has 4 heterocycles. The summed E-state index contributed by atoms with van der Waals surface area (Å²) in [4.78, 5) is 88.9. The second-order valence-corrected chi connectivity index (χ2v) is 14.7. The number of nitrogens with one attached hydrogen (secondary N) is 1. The van der Waals surface area contributed by atoms with Crippen molar-refractivity contribution >= 4 is 88.2 Å². The van der Waals surface area contributed by atoms with Gasteiger partial charge in [0.1, 0.15) is 23.2 Å². The number of rotatable bonds is 15. The Morgan fingerprint density at radius 1 is 1.06 bits per heavy atom. The second kappa shape index (κ2) is 14.9. The number of carbonyl (C=O) groups excluding carboxylic acids is 5. The number of β-lactam (4-membered cyclic amide) rings is 1. The molecule has 4 amide bonds. The molecule has 0 spiro atoms. The maximum absolute atomic E-state index is 13.0. The number of carbonyl (C=O) groups is 7. The van der Waals surface area contributed by atoms with Gasteiger partial charge in [-0.25, -0.2) is 9.59 Å². The molecule has 248 valence electrons. The van der Waals surface area contributed by atoms with Crippen LogP contribution in [0.2, 0.25) is 0 Å². The SMILES string of the molecule is CCOC(=O)CSc1nnc(SCC2=C(C(=O)O)N3C(=O)[C@@H](NC(=O)CCCC(C(=O)O)N4C(=O)c5ccccc5C4=O)[C@@H]3SC2)s1. The van der Waals surface area contributed by atoms with Gasteiger partial charge in [-0.1, -0.05) is 47.0 Å². The molecule has 3 aliphatic heterocycles. The molecule has 3 atom stereocenters. The Morgan fingerprint density at radius 2 is 1.72 bits per heavy atom. The number of hydrogen-bond donors (Lipinski definition) is 3. The fourth-order valence-corrected chi connectivity index (χ4v) is 9.44. The van der Waals surface area contributed by atoms with Crippen LogP contribution in [0.25, 0.3) is 0 Å². The third-order valence-corrected chi connectivity index (χ3v) is 11.8. The van der Waals surface area contributed by atoms with Crippen LogP contribution in [0.15, 0.2) is 44.2 Å². The Bertz CT molecular complexity index is 1640. The zero-order chi connectivity index (χ0) is 33.8. The lowest BCUT2D eigenvalue weighted by molar-refractivity contribution is -0.150. The number of carboxylic acid groups (broad SMARTS) is 2. The molecule has 3 N–H and O–H groups in total. The zero-order valence-electron chi connectivity index (χ0n) is 24.6. The van der Waals surface area contributed by atoms with E-state index < -0.39 is 53.0 Å². The third kappa shape index (κ3) is 7.31. The van der Waals surface area contributed by atoms with E-state index in [9.17, 15) is 43.8 Å². The van der Waals surface area contributed by atoms with Crippen LogP contribution in [-0.4, -0.2) is 113 Å². The number of amides is 4. The first-order valence-corrected chi connectivity index (χ1v) is 18.0. The minimum Gasteiger partial charge on any atom is -0.480 e. The molecule has 0 radical (unpaired) electrons. The largest absolute Gasteiger partial charge is 0.480 e. The van der Waals surface area contributed by atoms with Crippen molar-refractivity contribution in [3.8, 4) is 0 Å². The lowest BCUT2D eigenvalue weighted by atomic mass is 10.0. The molecule has 1 aromatic heterocycles. The average Bonchev–Trinajstić information content (AvgIpc) is 3.61. The monoisotopic (exact) mass is 721 g/mol. The first-order valence-electron chi connectivity index (χ1n) is 14.2. The number of thioether (sulfide) groups is 3. The van der Waals surface area contributed by atoms with E-state index >= 15 is 0 Å². The number of nitrogens with zero attached hydrogens (tertiary/aromatic N) is 4. The highest BCUT2D eigenvalue weighted by atomic mass is 32.2. The summed E-state index contributed by atoms with van der Waals surface area (Å²) in [6, 6.07) is 3.60. The van der Waals surface area contributed by atoms with Crippen LogP contribution in [0, 0.1) is 0 Å². The Hall–Kier alpha value is -3.94. The van der Waals surface area contributed by atoms with Gasteiger partial charge >= 0.3 is 17.9 Å². The first-order chi connectivity index (χ1) is 22.5. The quantitative estimate of drug-likeness (QED) is 0.104. The molecule has 1 aromatic carbocycles. The van der Waals surface area contributed by atoms with Gasteiger partial charge < -0.3 is 20.3 Å². The van der Waals surface area contributed by atoms with Gasteiger partial charge in [0.2, 0.25) is 5.91 Å². The van der Waals surface area contributed by atoms with Crippen molar-refractivity contribution < 1.29 is 48.5 Å². The van der Waals surface area contributed by atoms with Crippen molar-refractivity contribution in [2.75, 3.05) is 23.9 Å². The molecule has 1 saturated heterocycles. The van der Waals surface area contributed by atoms with Gasteiger partial charge in [0.15, 0.2) is 8.68 Å². The highest BCUT2D eigenvalue weighted by molar-refractivity contribution is 8.03. The third-order valence-electron chi connectivity index (χ3n) is 7.25. The van der Waals surface area contributed by atoms with Crippen LogP contribution in [0.1, 0.15) is 46.9 Å². The molecule has 0 bridgehead atoms. The van der Waals surface area contributed by atoms with Gasteiger partial charge in [0.05, 0.1) is 23.5 Å². The van der Waals surface area contributed by atoms with E-state index in [-0.39, 0.29) is 60.2 Å². The first kappa shape index (κ1) is 34.4. The summed E-state index contributed by atoms with van der Waals surface area (Å²) in [7, 11) is 0. The molecular formula is C28H27N5O10S4. The summed E-state index contributed by atoms with van der Waals surface area (Å²) < 4.78 is 6.01. The van der Waals surface area contributed by atoms with E-state index in [2.05, 4.69) is 15.5 Å². The highest BCUT2D eigenvalue weighted by Gasteiger charge is 2.54. The number of esters is 1. The predicted octanol–water partition coefficient (Wildman–Crippen LogP) is 1.94. The summed E-state index contributed by atoms with van der Waals surface area (Å²) in [6.07, 6.45) is -0.348. The lowest BCUT2D eigenvalue weighted by Gasteiger charge is -2.49. The van der Waals surface area contributed by atoms with E-state index in [0.29, 0.717) is 24.9 Å². The van der Waals surface area contributed by atoms with Gasteiger partial charge in [-0.3, -0.25) is 33.8 Å². The van der Waals surface area contributed by atoms with E-state index in [0.717, 1.165) is 4.90 Å². The molecule has 5 rings (SSSR count). The molecular weight excluding hydrogens is 695 g/mol. The Morgan fingerprint density at radius 3 is 2.34 bits per heavy atom. The van der Waals surface area contributed by atoms with Crippen LogP contribution >= 0.6 is 46.6 Å². The van der Waals surface area contributed by atoms with Crippen molar-refractivity contribution in [3.05, 3.63) is 46.7 Å². The standard InChI is InChI=1S/C28H27N5O10S4/c1-2-43-18(35)12-46-28-31-30-27(47-28)45-11-13-10-44-24-19(23(38)33(24)20(13)26(41)42)29-17(34)9-5-8-16(25(39)40)32-21(36)14-6-3-4-7-15(14)22(32)37/h3-4,6-7,16,19,24H,2,5,8-12H2,1H3,(H,29,34)(H,39,40)(H,41,42)/t16?,19-,24+/m1/s1. The minimum absolute atomic E-state index is 0.00888. The molecule has 1 unspecified atom stereocenters. The molecule has 0 aliphatic carbocycles. The highest BCUT2D eigenvalue weighted by Crippen LogP contribution is 2.42. The van der Waals surface area contributed by atoms with Crippen LogP contribution in [0.4, 0.5) is 0 Å². The van der Waals surface area contributed by atoms with Gasteiger partial charge in [0, 0.05) is 17.9 Å². The lowest BCUT2D eigenvalue weighted by Crippen LogP contribution is -2.70. The molecule has 2 aromatic rings. The number of ether oxygens (including phenoxy) is 1. The number of fused-ring (bicyclic) bond motifs is 2. The van der Waals surface area contributed by atoms with Gasteiger partial charge in [-0.2, -0.15) is 0 Å². The smallest absolute Gasteiger partial charge is 0.352 e. The van der Waals surface area contributed by atoms with Crippen molar-refractivity contribution in [2.24, 2.45) is 0 Å². The Labute approximate surface area is 283 Å². The average molecular weight is 722 g/mol. The number of aromatic nitrogens is 2. The maximum Gasteiger partial charge on any atom is 0.352 e. The fraction of sp³-hybridized carbons (Fsp3) is 0.393. The van der Waals surface area contributed by atoms with E-state index in [1.54, 1.807) is 19.1 Å². The van der Waals surface area contributed by atoms with Crippen molar-refractivity contribution in [1.29, 1.82) is 0 Å². The number of benzene rings is 1. The summed E-state index contributed by atoms with van der Waals surface area (Å²) in [5.41, 5.74) is 0.591. The Balaban J connectivity index is 1.13. The van der Waals surface area contributed by atoms with Crippen molar-refractivity contribution in [3.63, 3.8) is 0 Å². The van der Waals surface area contributed by atoms with Crippen LogP contribution in [0.3, 0.4) is 0 Å². The summed E-state index contributed by atoms with van der Waals surface area (Å²) in [5.74, 6) is -4.98. The van der Waals surface area contributed by atoms with Crippen LogP contribution < -0.4 is 5.32 Å². The summed E-state index contributed by atoms with van der Waals surface area (Å²) in [5, 5.41) is 29.8. The number of hydrogen-bond acceptors (Lipinski definition) is 14. The van der Waals surface area contributed by atoms with Crippen LogP contribution in [0.5, 0.6) is 0 Å². The number of aliphatic carboxylic acids is 2.